The predicted molar refractivity (Wildman–Crippen MR) is 139 cm³/mol. The second-order valence-electron chi connectivity index (χ2n) is 9.80. The Hall–Kier alpha value is -3.43. The smallest absolute Gasteiger partial charge is 0.175 e. The van der Waals surface area contributed by atoms with Gasteiger partial charge >= 0.3 is 0 Å². The molecule has 0 fully saturated rings. The Bertz CT molecular complexity index is 1470. The van der Waals surface area contributed by atoms with E-state index < -0.39 is 9.84 Å². The van der Waals surface area contributed by atoms with Crippen molar-refractivity contribution in [1.29, 1.82) is 0 Å². The quantitative estimate of drug-likeness (QED) is 0.324. The lowest BCUT2D eigenvalue weighted by molar-refractivity contribution is -0.0374. The number of ether oxygens (including phenoxy) is 3. The van der Waals surface area contributed by atoms with Gasteiger partial charge in [-0.15, -0.1) is 0 Å². The molecule has 1 atom stereocenters. The van der Waals surface area contributed by atoms with E-state index >= 15 is 0 Å². The molecule has 0 aliphatic rings. The van der Waals surface area contributed by atoms with Crippen LogP contribution in [0, 0.1) is 6.92 Å². The summed E-state index contributed by atoms with van der Waals surface area (Å²) in [6.07, 6.45) is 0.964. The number of hydrogen-bond acceptors (Lipinski definition) is 7. The third-order valence-corrected chi connectivity index (χ3v) is 6.34. The Morgan fingerprint density at radius 1 is 0.944 bits per heavy atom. The zero-order valence-corrected chi connectivity index (χ0v) is 22.1. The van der Waals surface area contributed by atoms with Gasteiger partial charge in [0.25, 0.3) is 0 Å². The van der Waals surface area contributed by atoms with Gasteiger partial charge in [0.1, 0.15) is 34.7 Å². The van der Waals surface area contributed by atoms with Crippen LogP contribution in [-0.2, 0) is 14.6 Å². The number of H-pyrrole nitrogens is 1. The lowest BCUT2D eigenvalue weighted by Gasteiger charge is -2.23. The fraction of sp³-hybridized carbons (Fsp3) is 0.333. The fourth-order valence-corrected chi connectivity index (χ4v) is 4.12. The highest BCUT2D eigenvalue weighted by atomic mass is 32.2. The maximum Gasteiger partial charge on any atom is 0.175 e. The van der Waals surface area contributed by atoms with Gasteiger partial charge in [0.05, 0.1) is 17.1 Å². The molecule has 0 aliphatic heterocycles. The van der Waals surface area contributed by atoms with E-state index in [2.05, 4.69) is 15.0 Å². The number of aromatic nitrogens is 3. The van der Waals surface area contributed by atoms with Crippen LogP contribution in [0.15, 0.2) is 59.5 Å². The van der Waals surface area contributed by atoms with Crippen molar-refractivity contribution in [2.75, 3.05) is 12.9 Å². The molecule has 9 heteroatoms. The van der Waals surface area contributed by atoms with E-state index in [1.165, 1.54) is 18.4 Å². The lowest BCUT2D eigenvalue weighted by atomic mass is 10.2. The van der Waals surface area contributed by atoms with Crippen molar-refractivity contribution in [3.05, 3.63) is 60.3 Å². The van der Waals surface area contributed by atoms with E-state index in [0.717, 1.165) is 16.8 Å². The van der Waals surface area contributed by atoms with Gasteiger partial charge in [0.15, 0.2) is 15.5 Å². The maximum absolute atomic E-state index is 11.8. The van der Waals surface area contributed by atoms with Crippen LogP contribution in [0.25, 0.3) is 22.6 Å². The number of imidazole rings is 1. The number of hydrogen-bond donors (Lipinski definition) is 1. The molecule has 1 N–H and O–H groups in total. The Kier molecular flexibility index (Phi) is 7.06. The van der Waals surface area contributed by atoms with Crippen LogP contribution in [0.3, 0.4) is 0 Å². The third kappa shape index (κ3) is 6.61. The average Bonchev–Trinajstić information content (AvgIpc) is 3.20. The Labute approximate surface area is 211 Å². The number of rotatable bonds is 8. The van der Waals surface area contributed by atoms with Gasteiger partial charge in [-0.25, -0.2) is 18.4 Å². The highest BCUT2D eigenvalue weighted by molar-refractivity contribution is 7.90. The van der Waals surface area contributed by atoms with Crippen LogP contribution in [0.5, 0.6) is 17.2 Å². The molecule has 4 rings (SSSR count). The summed E-state index contributed by atoms with van der Waals surface area (Å²) in [6, 6.07) is 15.6. The molecule has 8 nitrogen and oxygen atoms in total. The summed E-state index contributed by atoms with van der Waals surface area (Å²) in [5.74, 6) is 2.23. The number of benzene rings is 2. The molecule has 0 amide bonds. The first-order chi connectivity index (χ1) is 16.9. The molecular formula is C27H31N3O5S. The van der Waals surface area contributed by atoms with Crippen LogP contribution < -0.4 is 9.47 Å². The van der Waals surface area contributed by atoms with E-state index in [0.29, 0.717) is 35.3 Å². The molecule has 0 radical (unpaired) electrons. The number of pyridine rings is 1. The summed E-state index contributed by atoms with van der Waals surface area (Å²) in [7, 11) is -3.29. The van der Waals surface area contributed by atoms with Gasteiger partial charge in [-0.05, 0) is 83.1 Å². The second-order valence-corrected chi connectivity index (χ2v) is 11.8. The van der Waals surface area contributed by atoms with Gasteiger partial charge in [-0.1, -0.05) is 0 Å². The van der Waals surface area contributed by atoms with Crippen LogP contribution in [0.4, 0.5) is 0 Å². The predicted octanol–water partition coefficient (Wildman–Crippen LogP) is 5.71. The third-order valence-electron chi connectivity index (χ3n) is 5.21. The molecule has 190 valence electrons. The number of nitrogens with one attached hydrogen (secondary N) is 1. The van der Waals surface area contributed by atoms with Gasteiger partial charge in [-0.2, -0.15) is 0 Å². The van der Waals surface area contributed by atoms with Crippen molar-refractivity contribution in [2.24, 2.45) is 0 Å². The van der Waals surface area contributed by atoms with Crippen LogP contribution >= 0.6 is 0 Å². The SMILES string of the molecule is Cc1ccc2nc(-c3cc(Oc4ccc(S(C)(=O)=O)cc4)cc(O[C@@H](C)COC(C)(C)C)c3)[nH]c2n1. The monoisotopic (exact) mass is 509 g/mol. The van der Waals surface area contributed by atoms with E-state index in [1.54, 1.807) is 18.2 Å². The first-order valence-electron chi connectivity index (χ1n) is 11.6. The first-order valence-corrected chi connectivity index (χ1v) is 13.5. The summed E-state index contributed by atoms with van der Waals surface area (Å²) < 4.78 is 41.7. The largest absolute Gasteiger partial charge is 0.488 e. The van der Waals surface area contributed by atoms with Crippen LogP contribution in [0.2, 0.25) is 0 Å². The van der Waals surface area contributed by atoms with Gasteiger partial charge in [0, 0.05) is 23.6 Å². The standard InChI is InChI=1S/C27H31N3O5S/c1-17-7-12-24-26(28-17)30-25(29-24)19-13-21(34-18(2)16-33-27(3,4)5)15-22(14-19)35-20-8-10-23(11-9-20)36(6,31)32/h7-15,18H,16H2,1-6H3,(H,28,29,30)/t18-/m0/s1. The van der Waals surface area contributed by atoms with Crippen molar-refractivity contribution in [2.45, 2.75) is 51.2 Å². The number of nitrogens with zero attached hydrogens (tertiary/aromatic N) is 2. The van der Waals surface area contributed by atoms with E-state index in [-0.39, 0.29) is 16.6 Å². The number of aromatic amines is 1. The first kappa shape index (κ1) is 25.7. The van der Waals surface area contributed by atoms with E-state index in [4.69, 9.17) is 14.2 Å². The minimum atomic E-state index is -3.29. The number of aryl methyl sites for hydroxylation is 1. The molecule has 2 heterocycles. The molecule has 0 saturated heterocycles. The highest BCUT2D eigenvalue weighted by Gasteiger charge is 2.16. The molecule has 0 bridgehead atoms. The molecule has 0 unspecified atom stereocenters. The van der Waals surface area contributed by atoms with Crippen LogP contribution in [0.1, 0.15) is 33.4 Å². The molecule has 2 aromatic carbocycles. The molecule has 2 aromatic heterocycles. The zero-order valence-electron chi connectivity index (χ0n) is 21.3. The Balaban J connectivity index is 1.66. The molecule has 36 heavy (non-hydrogen) atoms. The average molecular weight is 510 g/mol. The topological polar surface area (TPSA) is 103 Å². The fourth-order valence-electron chi connectivity index (χ4n) is 3.49. The van der Waals surface area contributed by atoms with Crippen molar-refractivity contribution >= 4 is 21.0 Å². The van der Waals surface area contributed by atoms with E-state index in [9.17, 15) is 8.42 Å². The molecule has 0 aliphatic carbocycles. The summed E-state index contributed by atoms with van der Waals surface area (Å²) >= 11 is 0. The van der Waals surface area contributed by atoms with Crippen molar-refractivity contribution in [3.8, 4) is 28.6 Å². The summed E-state index contributed by atoms with van der Waals surface area (Å²) in [5.41, 5.74) is 2.83. The lowest BCUT2D eigenvalue weighted by Crippen LogP contribution is -2.27. The summed E-state index contributed by atoms with van der Waals surface area (Å²) in [4.78, 5) is 12.7. The normalized spacial score (nSPS) is 13.1. The number of sulfone groups is 1. The Morgan fingerprint density at radius 2 is 1.64 bits per heavy atom. The molecule has 0 saturated carbocycles. The Morgan fingerprint density at radius 3 is 2.31 bits per heavy atom. The van der Waals surface area contributed by atoms with Gasteiger partial charge in [0.2, 0.25) is 0 Å². The maximum atomic E-state index is 11.8. The summed E-state index contributed by atoms with van der Waals surface area (Å²) in [5, 5.41) is 0. The van der Waals surface area contributed by atoms with E-state index in [1.807, 2.05) is 58.9 Å². The highest BCUT2D eigenvalue weighted by Crippen LogP contribution is 2.33. The molecule has 4 aromatic rings. The minimum Gasteiger partial charge on any atom is -0.488 e. The number of fused-ring (bicyclic) bond motifs is 1. The van der Waals surface area contributed by atoms with Gasteiger partial charge < -0.3 is 19.2 Å². The van der Waals surface area contributed by atoms with Crippen molar-refractivity contribution in [3.63, 3.8) is 0 Å². The second kappa shape index (κ2) is 9.91. The molecule has 0 spiro atoms. The minimum absolute atomic E-state index is 0.207. The molecular weight excluding hydrogens is 478 g/mol. The van der Waals surface area contributed by atoms with Crippen molar-refractivity contribution in [1.82, 2.24) is 15.0 Å². The van der Waals surface area contributed by atoms with Crippen LogP contribution in [-0.4, -0.2) is 47.9 Å². The van der Waals surface area contributed by atoms with Gasteiger partial charge in [-0.3, -0.25) is 0 Å². The zero-order chi connectivity index (χ0) is 26.1. The summed E-state index contributed by atoms with van der Waals surface area (Å²) in [6.45, 7) is 10.3. The van der Waals surface area contributed by atoms with Crippen molar-refractivity contribution < 1.29 is 22.6 Å².